The van der Waals surface area contributed by atoms with Gasteiger partial charge in [0.1, 0.15) is 6.04 Å². The maximum absolute atomic E-state index is 12.6. The molecule has 1 atom stereocenters. The first kappa shape index (κ1) is 19.5. The second-order valence-corrected chi connectivity index (χ2v) is 5.95. The summed E-state index contributed by atoms with van der Waals surface area (Å²) < 4.78 is 37.7. The molecular weight excluding hydrogens is 345 g/mol. The molecule has 0 fully saturated rings. The van der Waals surface area contributed by atoms with Gasteiger partial charge in [0.2, 0.25) is 5.91 Å². The van der Waals surface area contributed by atoms with Gasteiger partial charge in [0, 0.05) is 19.2 Å². The first-order valence-corrected chi connectivity index (χ1v) is 7.95. The Labute approximate surface area is 149 Å². The third kappa shape index (κ3) is 5.08. The molecule has 2 aromatic rings. The predicted molar refractivity (Wildman–Crippen MR) is 91.3 cm³/mol. The summed E-state index contributed by atoms with van der Waals surface area (Å²) in [6.45, 7) is 1.70. The summed E-state index contributed by atoms with van der Waals surface area (Å²) in [5.41, 5.74) is 0.270. The Kier molecular flexibility index (Phi) is 6.02. The second kappa shape index (κ2) is 8.03. The molecule has 2 rings (SSSR count). The quantitative estimate of drug-likeness (QED) is 0.883. The van der Waals surface area contributed by atoms with E-state index in [9.17, 15) is 22.8 Å². The zero-order valence-electron chi connectivity index (χ0n) is 14.4. The van der Waals surface area contributed by atoms with Crippen molar-refractivity contribution in [2.24, 2.45) is 0 Å². The Morgan fingerprint density at radius 3 is 2.15 bits per heavy atom. The Bertz CT molecular complexity index is 759. The minimum atomic E-state index is -4.39. The highest BCUT2D eigenvalue weighted by molar-refractivity contribution is 5.97. The molecule has 138 valence electrons. The van der Waals surface area contributed by atoms with Crippen LogP contribution in [-0.2, 0) is 17.5 Å². The summed E-state index contributed by atoms with van der Waals surface area (Å²) in [5.74, 6) is -0.705. The first-order chi connectivity index (χ1) is 12.2. The molecule has 7 heteroatoms. The predicted octanol–water partition coefficient (Wildman–Crippen LogP) is 3.48. The molecule has 0 aliphatic heterocycles. The van der Waals surface area contributed by atoms with Gasteiger partial charge in [-0.1, -0.05) is 30.3 Å². The van der Waals surface area contributed by atoms with E-state index in [0.29, 0.717) is 11.1 Å². The molecular formula is C19H19F3N2O2. The van der Waals surface area contributed by atoms with E-state index in [4.69, 9.17) is 0 Å². The number of benzene rings is 2. The molecule has 0 heterocycles. The Morgan fingerprint density at radius 1 is 1.04 bits per heavy atom. The lowest BCUT2D eigenvalue weighted by Gasteiger charge is -2.22. The number of likely N-dealkylation sites (N-methyl/N-ethyl adjacent to an activating group) is 1. The normalized spacial score (nSPS) is 12.3. The van der Waals surface area contributed by atoms with Crippen molar-refractivity contribution >= 4 is 11.8 Å². The van der Waals surface area contributed by atoms with Crippen molar-refractivity contribution in [2.75, 3.05) is 7.05 Å². The highest BCUT2D eigenvalue weighted by atomic mass is 19.4. The zero-order chi connectivity index (χ0) is 19.3. The summed E-state index contributed by atoms with van der Waals surface area (Å²) in [6, 6.07) is 12.4. The summed E-state index contributed by atoms with van der Waals surface area (Å²) in [7, 11) is 1.53. The van der Waals surface area contributed by atoms with Crippen LogP contribution < -0.4 is 5.32 Å². The number of carbonyl (C=O) groups is 2. The Balaban J connectivity index is 1.95. The first-order valence-electron chi connectivity index (χ1n) is 7.95. The van der Waals surface area contributed by atoms with Crippen LogP contribution in [0.4, 0.5) is 13.2 Å². The number of amides is 2. The van der Waals surface area contributed by atoms with Gasteiger partial charge >= 0.3 is 6.18 Å². The molecule has 0 aromatic heterocycles. The number of halogens is 3. The number of nitrogens with one attached hydrogen (secondary N) is 1. The molecule has 0 aliphatic rings. The third-order valence-corrected chi connectivity index (χ3v) is 3.83. The van der Waals surface area contributed by atoms with Crippen LogP contribution >= 0.6 is 0 Å². The van der Waals surface area contributed by atoms with Crippen LogP contribution in [0.3, 0.4) is 0 Å². The van der Waals surface area contributed by atoms with Crippen molar-refractivity contribution in [1.29, 1.82) is 0 Å². The van der Waals surface area contributed by atoms with Crippen molar-refractivity contribution in [3.63, 3.8) is 0 Å². The molecule has 0 saturated heterocycles. The summed E-state index contributed by atoms with van der Waals surface area (Å²) >= 11 is 0. The molecule has 0 aliphatic carbocycles. The van der Waals surface area contributed by atoms with Crippen molar-refractivity contribution in [3.8, 4) is 0 Å². The van der Waals surface area contributed by atoms with E-state index >= 15 is 0 Å². The maximum atomic E-state index is 12.6. The minimum absolute atomic E-state index is 0.141. The molecule has 26 heavy (non-hydrogen) atoms. The van der Waals surface area contributed by atoms with Gasteiger partial charge < -0.3 is 10.2 Å². The Morgan fingerprint density at radius 2 is 1.62 bits per heavy atom. The van der Waals surface area contributed by atoms with Crippen LogP contribution in [0.2, 0.25) is 0 Å². The number of hydrogen-bond donors (Lipinski definition) is 1. The van der Waals surface area contributed by atoms with Gasteiger partial charge in [-0.2, -0.15) is 13.2 Å². The molecule has 1 N–H and O–H groups in total. The van der Waals surface area contributed by atoms with E-state index in [0.717, 1.165) is 12.1 Å². The summed E-state index contributed by atoms with van der Waals surface area (Å²) in [6.07, 6.45) is -4.39. The molecule has 4 nitrogen and oxygen atoms in total. The average Bonchev–Trinajstić information content (AvgIpc) is 2.61. The topological polar surface area (TPSA) is 49.4 Å². The number of nitrogens with zero attached hydrogens (tertiary/aromatic N) is 1. The van der Waals surface area contributed by atoms with Crippen LogP contribution in [0.25, 0.3) is 0 Å². The van der Waals surface area contributed by atoms with Crippen LogP contribution in [0.15, 0.2) is 54.6 Å². The molecule has 0 saturated carbocycles. The van der Waals surface area contributed by atoms with Gasteiger partial charge in [0.25, 0.3) is 5.91 Å². The molecule has 2 amide bonds. The molecule has 0 radical (unpaired) electrons. The van der Waals surface area contributed by atoms with E-state index in [1.165, 1.54) is 24.1 Å². The van der Waals surface area contributed by atoms with E-state index < -0.39 is 17.8 Å². The van der Waals surface area contributed by atoms with Crippen LogP contribution in [0.1, 0.15) is 28.4 Å². The van der Waals surface area contributed by atoms with Gasteiger partial charge in [0.05, 0.1) is 5.56 Å². The third-order valence-electron chi connectivity index (χ3n) is 3.83. The van der Waals surface area contributed by atoms with E-state index in [-0.39, 0.29) is 18.4 Å². The van der Waals surface area contributed by atoms with Gasteiger partial charge in [-0.3, -0.25) is 9.59 Å². The van der Waals surface area contributed by atoms with Crippen LogP contribution in [0, 0.1) is 0 Å². The second-order valence-electron chi connectivity index (χ2n) is 5.95. The van der Waals surface area contributed by atoms with Crippen molar-refractivity contribution in [2.45, 2.75) is 25.7 Å². The highest BCUT2D eigenvalue weighted by Crippen LogP contribution is 2.29. The lowest BCUT2D eigenvalue weighted by atomic mass is 10.1. The minimum Gasteiger partial charge on any atom is -0.341 e. The van der Waals surface area contributed by atoms with Crippen LogP contribution in [-0.4, -0.2) is 29.8 Å². The lowest BCUT2D eigenvalue weighted by Crippen LogP contribution is -2.45. The average molecular weight is 364 g/mol. The molecule has 0 bridgehead atoms. The molecule has 1 unspecified atom stereocenters. The van der Waals surface area contributed by atoms with Crippen LogP contribution in [0.5, 0.6) is 0 Å². The standard InChI is InChI=1S/C19H19F3N2O2/c1-13(23-17(25)15-6-4-3-5-7-15)18(26)24(2)12-14-8-10-16(11-9-14)19(20,21)22/h3-11,13H,12H2,1-2H3,(H,23,25). The summed E-state index contributed by atoms with van der Waals surface area (Å²) in [5, 5.41) is 2.61. The van der Waals surface area contributed by atoms with E-state index in [2.05, 4.69) is 5.32 Å². The fraction of sp³-hybridized carbons (Fsp3) is 0.263. The summed E-state index contributed by atoms with van der Waals surface area (Å²) in [4.78, 5) is 25.8. The fourth-order valence-corrected chi connectivity index (χ4v) is 2.41. The smallest absolute Gasteiger partial charge is 0.341 e. The SMILES string of the molecule is CC(NC(=O)c1ccccc1)C(=O)N(C)Cc1ccc(C(F)(F)F)cc1. The maximum Gasteiger partial charge on any atom is 0.416 e. The molecule has 2 aromatic carbocycles. The number of carbonyl (C=O) groups excluding carboxylic acids is 2. The van der Waals surface area contributed by atoms with Gasteiger partial charge in [-0.25, -0.2) is 0 Å². The highest BCUT2D eigenvalue weighted by Gasteiger charge is 2.30. The number of rotatable bonds is 5. The van der Waals surface area contributed by atoms with Crippen molar-refractivity contribution in [1.82, 2.24) is 10.2 Å². The van der Waals surface area contributed by atoms with Crippen molar-refractivity contribution in [3.05, 3.63) is 71.3 Å². The fourth-order valence-electron chi connectivity index (χ4n) is 2.41. The Hall–Kier alpha value is -2.83. The van der Waals surface area contributed by atoms with E-state index in [1.807, 2.05) is 0 Å². The van der Waals surface area contributed by atoms with Gasteiger partial charge in [-0.15, -0.1) is 0 Å². The molecule has 0 spiro atoms. The lowest BCUT2D eigenvalue weighted by molar-refractivity contribution is -0.137. The van der Waals surface area contributed by atoms with Crippen molar-refractivity contribution < 1.29 is 22.8 Å². The zero-order valence-corrected chi connectivity index (χ0v) is 14.4. The number of hydrogen-bond acceptors (Lipinski definition) is 2. The van der Waals surface area contributed by atoms with Gasteiger partial charge in [-0.05, 0) is 36.8 Å². The van der Waals surface area contributed by atoms with E-state index in [1.54, 1.807) is 37.3 Å². The largest absolute Gasteiger partial charge is 0.416 e. The number of alkyl halides is 3. The van der Waals surface area contributed by atoms with Gasteiger partial charge in [0.15, 0.2) is 0 Å². The monoisotopic (exact) mass is 364 g/mol.